The lowest BCUT2D eigenvalue weighted by Gasteiger charge is -2.13. The van der Waals surface area contributed by atoms with Crippen molar-refractivity contribution in [1.29, 1.82) is 0 Å². The summed E-state index contributed by atoms with van der Waals surface area (Å²) in [6.07, 6.45) is -0.794. The minimum atomic E-state index is -4.74. The maximum atomic E-state index is 13.8. The van der Waals surface area contributed by atoms with Gasteiger partial charge in [-0.2, -0.15) is 17.9 Å². The van der Waals surface area contributed by atoms with Crippen LogP contribution in [-0.4, -0.2) is 42.3 Å². The van der Waals surface area contributed by atoms with Gasteiger partial charge < -0.3 is 4.74 Å². The van der Waals surface area contributed by atoms with Crippen molar-refractivity contribution in [3.63, 3.8) is 0 Å². The van der Waals surface area contributed by atoms with E-state index in [4.69, 9.17) is 4.74 Å². The van der Waals surface area contributed by atoms with Crippen molar-refractivity contribution in [3.05, 3.63) is 60.7 Å². The average Bonchev–Trinajstić information content (AvgIpc) is 3.23. The van der Waals surface area contributed by atoms with E-state index in [1.807, 2.05) is 0 Å². The van der Waals surface area contributed by atoms with Gasteiger partial charge in [0, 0.05) is 24.2 Å². The summed E-state index contributed by atoms with van der Waals surface area (Å²) in [4.78, 5) is 11.7. The molecule has 0 saturated heterocycles. The predicted octanol–water partition coefficient (Wildman–Crippen LogP) is 3.21. The molecule has 0 fully saturated rings. The van der Waals surface area contributed by atoms with Gasteiger partial charge in [0.05, 0.1) is 18.4 Å². The topological polar surface area (TPSA) is 91.5 Å². The number of benzene rings is 1. The van der Waals surface area contributed by atoms with Gasteiger partial charge >= 0.3 is 6.18 Å². The third-order valence-corrected chi connectivity index (χ3v) is 4.00. The van der Waals surface area contributed by atoms with Gasteiger partial charge in [-0.1, -0.05) is 0 Å². The summed E-state index contributed by atoms with van der Waals surface area (Å²) >= 11 is 0. The first-order valence-corrected chi connectivity index (χ1v) is 8.25. The van der Waals surface area contributed by atoms with Crippen LogP contribution in [0, 0.1) is 0 Å². The minimum Gasteiger partial charge on any atom is -0.497 e. The Morgan fingerprint density at radius 2 is 1.83 bits per heavy atom. The number of hydrogen-bond acceptors (Lipinski definition) is 7. The molecule has 3 heterocycles. The maximum absolute atomic E-state index is 13.8. The molecule has 4 rings (SSSR count). The number of rotatable bonds is 4. The molecule has 0 aliphatic rings. The van der Waals surface area contributed by atoms with Crippen molar-refractivity contribution in [3.8, 4) is 34.2 Å². The number of methoxy groups -OCH3 is 1. The Balaban J connectivity index is 1.84. The number of tetrazole rings is 1. The quantitative estimate of drug-likeness (QED) is 0.520. The largest absolute Gasteiger partial charge is 0.497 e. The molecule has 0 radical (unpaired) electrons. The fourth-order valence-corrected chi connectivity index (χ4v) is 2.65. The highest BCUT2D eigenvalue weighted by molar-refractivity contribution is 5.63. The molecule has 146 valence electrons. The third-order valence-electron chi connectivity index (χ3n) is 4.00. The zero-order valence-corrected chi connectivity index (χ0v) is 14.9. The number of nitrogens with zero attached hydrogens (tertiary/aromatic N) is 7. The van der Waals surface area contributed by atoms with E-state index in [0.717, 1.165) is 6.20 Å². The van der Waals surface area contributed by atoms with Gasteiger partial charge in [-0.25, -0.2) is 9.97 Å². The lowest BCUT2D eigenvalue weighted by molar-refractivity contribution is -0.140. The molecule has 0 saturated carbocycles. The molecule has 0 bridgehead atoms. The maximum Gasteiger partial charge on any atom is 0.434 e. The van der Waals surface area contributed by atoms with Crippen molar-refractivity contribution >= 4 is 0 Å². The molecule has 0 atom stereocenters. The summed E-state index contributed by atoms with van der Waals surface area (Å²) in [5.74, 6) is 0.349. The number of pyridine rings is 1. The smallest absolute Gasteiger partial charge is 0.434 e. The average molecular weight is 399 g/mol. The molecular formula is C18H12F3N7O. The van der Waals surface area contributed by atoms with Crippen LogP contribution in [0.4, 0.5) is 13.2 Å². The van der Waals surface area contributed by atoms with E-state index < -0.39 is 11.9 Å². The molecule has 0 aliphatic carbocycles. The van der Waals surface area contributed by atoms with Gasteiger partial charge in [0.2, 0.25) is 0 Å². The molecule has 0 spiro atoms. The Labute approximate surface area is 162 Å². The second-order valence-electron chi connectivity index (χ2n) is 5.81. The van der Waals surface area contributed by atoms with Crippen molar-refractivity contribution in [1.82, 2.24) is 35.2 Å². The van der Waals surface area contributed by atoms with E-state index in [9.17, 15) is 13.2 Å². The SMILES string of the molecule is COc1ccc(-n2nnnc2-c2cnc(-c3cccnc3)nc2C(F)(F)F)cc1. The normalized spacial score (nSPS) is 11.4. The van der Waals surface area contributed by atoms with Crippen molar-refractivity contribution in [2.75, 3.05) is 7.11 Å². The molecule has 0 unspecified atom stereocenters. The fourth-order valence-electron chi connectivity index (χ4n) is 2.65. The van der Waals surface area contributed by atoms with Gasteiger partial charge in [-0.05, 0) is 46.8 Å². The van der Waals surface area contributed by atoms with E-state index >= 15 is 0 Å². The monoisotopic (exact) mass is 399 g/mol. The van der Waals surface area contributed by atoms with Crippen LogP contribution in [0.5, 0.6) is 5.75 Å². The molecule has 0 N–H and O–H groups in total. The first-order valence-electron chi connectivity index (χ1n) is 8.25. The highest BCUT2D eigenvalue weighted by Crippen LogP contribution is 2.36. The second-order valence-corrected chi connectivity index (χ2v) is 5.81. The van der Waals surface area contributed by atoms with Gasteiger partial charge in [-0.15, -0.1) is 5.10 Å². The first kappa shape index (κ1) is 18.5. The zero-order valence-electron chi connectivity index (χ0n) is 14.9. The molecular weight excluding hydrogens is 387 g/mol. The highest BCUT2D eigenvalue weighted by Gasteiger charge is 2.38. The molecule has 4 aromatic rings. The van der Waals surface area contributed by atoms with Crippen LogP contribution < -0.4 is 4.74 Å². The summed E-state index contributed by atoms with van der Waals surface area (Å²) in [5.41, 5.74) is -0.670. The van der Waals surface area contributed by atoms with Crippen LogP contribution >= 0.6 is 0 Å². The summed E-state index contributed by atoms with van der Waals surface area (Å²) in [6, 6.07) is 9.70. The highest BCUT2D eigenvalue weighted by atomic mass is 19.4. The molecule has 11 heteroatoms. The second kappa shape index (κ2) is 7.26. The number of aromatic nitrogens is 7. The van der Waals surface area contributed by atoms with Gasteiger partial charge in [0.1, 0.15) is 5.75 Å². The van der Waals surface area contributed by atoms with Crippen molar-refractivity contribution in [2.24, 2.45) is 0 Å². The Hall–Kier alpha value is -3.89. The van der Waals surface area contributed by atoms with Crippen LogP contribution in [0.1, 0.15) is 5.69 Å². The predicted molar refractivity (Wildman–Crippen MR) is 95.0 cm³/mol. The van der Waals surface area contributed by atoms with Crippen LogP contribution in [0.2, 0.25) is 0 Å². The van der Waals surface area contributed by atoms with Gasteiger partial charge in [0.15, 0.2) is 17.3 Å². The molecule has 1 aromatic carbocycles. The van der Waals surface area contributed by atoms with Crippen LogP contribution in [0.15, 0.2) is 55.0 Å². The number of halogens is 3. The third kappa shape index (κ3) is 3.61. The number of hydrogen-bond donors (Lipinski definition) is 0. The Bertz CT molecular complexity index is 1130. The molecule has 3 aromatic heterocycles. The summed E-state index contributed by atoms with van der Waals surface area (Å²) in [6.45, 7) is 0. The van der Waals surface area contributed by atoms with Crippen LogP contribution in [-0.2, 0) is 6.18 Å². The summed E-state index contributed by atoms with van der Waals surface area (Å²) in [5, 5.41) is 11.1. The van der Waals surface area contributed by atoms with Crippen molar-refractivity contribution < 1.29 is 17.9 Å². The van der Waals surface area contributed by atoms with E-state index in [2.05, 4.69) is 30.5 Å². The lowest BCUT2D eigenvalue weighted by Crippen LogP contribution is -2.13. The first-order chi connectivity index (χ1) is 14.0. The Kier molecular flexibility index (Phi) is 4.63. The number of ether oxygens (including phenoxy) is 1. The molecule has 8 nitrogen and oxygen atoms in total. The lowest BCUT2D eigenvalue weighted by atomic mass is 10.2. The van der Waals surface area contributed by atoms with Crippen LogP contribution in [0.3, 0.4) is 0 Å². The van der Waals surface area contributed by atoms with Crippen molar-refractivity contribution in [2.45, 2.75) is 6.18 Å². The standard InChI is InChI=1S/C18H12F3N7O/c1-29-13-6-4-12(5-7-13)28-17(25-26-27-28)14-10-23-16(11-3-2-8-22-9-11)24-15(14)18(19,20)21/h2-10H,1H3. The summed E-state index contributed by atoms with van der Waals surface area (Å²) < 4.78 is 47.6. The Morgan fingerprint density at radius 3 is 2.48 bits per heavy atom. The number of alkyl halides is 3. The molecule has 29 heavy (non-hydrogen) atoms. The minimum absolute atomic E-state index is 0.0994. The van der Waals surface area contributed by atoms with Gasteiger partial charge in [0.25, 0.3) is 0 Å². The van der Waals surface area contributed by atoms with Crippen LogP contribution in [0.25, 0.3) is 28.5 Å². The Morgan fingerprint density at radius 1 is 1.03 bits per heavy atom. The molecule has 0 aliphatic heterocycles. The molecule has 0 amide bonds. The zero-order chi connectivity index (χ0) is 20.4. The summed E-state index contributed by atoms with van der Waals surface area (Å²) in [7, 11) is 1.51. The van der Waals surface area contributed by atoms with Gasteiger partial charge in [-0.3, -0.25) is 4.98 Å². The van der Waals surface area contributed by atoms with E-state index in [1.54, 1.807) is 36.4 Å². The van der Waals surface area contributed by atoms with E-state index in [-0.39, 0.29) is 17.2 Å². The van der Waals surface area contributed by atoms with E-state index in [1.165, 1.54) is 24.2 Å². The van der Waals surface area contributed by atoms with E-state index in [0.29, 0.717) is 17.0 Å². The fraction of sp³-hybridized carbons (Fsp3) is 0.111.